The lowest BCUT2D eigenvalue weighted by atomic mass is 10.1. The molecule has 0 aromatic heterocycles. The van der Waals surface area contributed by atoms with Gasteiger partial charge in [-0.1, -0.05) is 0 Å². The summed E-state index contributed by atoms with van der Waals surface area (Å²) in [7, 11) is 0. The monoisotopic (exact) mass is 320 g/mol. The van der Waals surface area contributed by atoms with Gasteiger partial charge < -0.3 is 4.90 Å². The van der Waals surface area contributed by atoms with Crippen LogP contribution < -0.4 is 4.90 Å². The number of thioether (sulfide) groups is 1. The highest BCUT2D eigenvalue weighted by Crippen LogP contribution is 2.33. The minimum absolute atomic E-state index is 0.277. The second-order valence-corrected chi connectivity index (χ2v) is 6.32. The standard InChI is InChI=1S/C16H17FN2O2S/c1-2-19-15(20)14(22-16(19)21)9-11-5-6-12(10-13(11)17)18-7-3-4-8-18/h5-6,9-10H,2-4,7-8H2,1H3. The Morgan fingerprint density at radius 3 is 2.59 bits per heavy atom. The number of likely N-dealkylation sites (N-methyl/N-ethyl adjacent to an activating group) is 1. The van der Waals surface area contributed by atoms with Crippen molar-refractivity contribution in [3.63, 3.8) is 0 Å². The van der Waals surface area contributed by atoms with Crippen molar-refractivity contribution in [3.8, 4) is 0 Å². The Morgan fingerprint density at radius 2 is 2.00 bits per heavy atom. The quantitative estimate of drug-likeness (QED) is 0.800. The van der Waals surface area contributed by atoms with E-state index >= 15 is 0 Å². The van der Waals surface area contributed by atoms with E-state index in [1.54, 1.807) is 13.0 Å². The van der Waals surface area contributed by atoms with Crippen LogP contribution in [0.3, 0.4) is 0 Å². The summed E-state index contributed by atoms with van der Waals surface area (Å²) in [5.74, 6) is -0.715. The Kier molecular flexibility index (Phi) is 4.20. The zero-order valence-electron chi connectivity index (χ0n) is 12.3. The van der Waals surface area contributed by atoms with E-state index in [4.69, 9.17) is 0 Å². The molecular weight excluding hydrogens is 303 g/mol. The smallest absolute Gasteiger partial charge is 0.293 e. The number of hydrogen-bond donors (Lipinski definition) is 0. The summed E-state index contributed by atoms with van der Waals surface area (Å²) >= 11 is 0.861. The van der Waals surface area contributed by atoms with Crippen LogP contribution in [-0.4, -0.2) is 35.7 Å². The fourth-order valence-corrected chi connectivity index (χ4v) is 3.61. The van der Waals surface area contributed by atoms with Crippen LogP contribution in [0.5, 0.6) is 0 Å². The lowest BCUT2D eigenvalue weighted by molar-refractivity contribution is -0.122. The molecule has 2 fully saturated rings. The highest BCUT2D eigenvalue weighted by atomic mass is 32.2. The van der Waals surface area contributed by atoms with Crippen molar-refractivity contribution in [2.24, 2.45) is 0 Å². The van der Waals surface area contributed by atoms with Crippen LogP contribution in [0.15, 0.2) is 23.1 Å². The number of carbonyl (C=O) groups is 2. The van der Waals surface area contributed by atoms with Crippen LogP contribution in [0, 0.1) is 5.82 Å². The average molecular weight is 320 g/mol. The molecule has 2 aliphatic rings. The molecule has 2 amide bonds. The number of halogens is 1. The molecule has 2 saturated heterocycles. The zero-order valence-corrected chi connectivity index (χ0v) is 13.2. The Bertz CT molecular complexity index is 654. The summed E-state index contributed by atoms with van der Waals surface area (Å²) in [6.45, 7) is 3.98. The Morgan fingerprint density at radius 1 is 1.27 bits per heavy atom. The molecular formula is C16H17FN2O2S. The van der Waals surface area contributed by atoms with E-state index in [9.17, 15) is 14.0 Å². The number of benzene rings is 1. The third-order valence-electron chi connectivity index (χ3n) is 3.93. The largest absolute Gasteiger partial charge is 0.371 e. The van der Waals surface area contributed by atoms with E-state index in [0.717, 1.165) is 48.3 Å². The summed E-state index contributed by atoms with van der Waals surface area (Å²) in [6, 6.07) is 5.04. The van der Waals surface area contributed by atoms with Crippen molar-refractivity contribution in [1.29, 1.82) is 0 Å². The highest BCUT2D eigenvalue weighted by molar-refractivity contribution is 8.18. The van der Waals surface area contributed by atoms with Crippen molar-refractivity contribution in [2.45, 2.75) is 19.8 Å². The Balaban J connectivity index is 1.85. The molecule has 4 nitrogen and oxygen atoms in total. The summed E-state index contributed by atoms with van der Waals surface area (Å²) in [5.41, 5.74) is 1.21. The van der Waals surface area contributed by atoms with Crippen LogP contribution in [0.2, 0.25) is 0 Å². The number of hydrogen-bond acceptors (Lipinski definition) is 4. The molecule has 1 aromatic rings. The van der Waals surface area contributed by atoms with Gasteiger partial charge in [-0.25, -0.2) is 4.39 Å². The van der Waals surface area contributed by atoms with Crippen LogP contribution in [0.1, 0.15) is 25.3 Å². The number of amides is 2. The SMILES string of the molecule is CCN1C(=O)SC(=Cc2ccc(N3CCCC3)cc2F)C1=O. The molecule has 0 atom stereocenters. The molecule has 0 bridgehead atoms. The molecule has 1 aromatic carbocycles. The predicted octanol–water partition coefficient (Wildman–Crippen LogP) is 3.48. The second-order valence-electron chi connectivity index (χ2n) is 5.33. The first-order chi connectivity index (χ1) is 10.6. The van der Waals surface area contributed by atoms with E-state index in [1.165, 1.54) is 12.1 Å². The van der Waals surface area contributed by atoms with Crippen LogP contribution in [0.4, 0.5) is 14.9 Å². The molecule has 0 spiro atoms. The molecule has 2 aliphatic heterocycles. The van der Waals surface area contributed by atoms with Gasteiger partial charge in [-0.15, -0.1) is 0 Å². The molecule has 0 unspecified atom stereocenters. The van der Waals surface area contributed by atoms with E-state index in [1.807, 2.05) is 6.07 Å². The van der Waals surface area contributed by atoms with Gasteiger partial charge in [0.15, 0.2) is 0 Å². The zero-order chi connectivity index (χ0) is 15.7. The van der Waals surface area contributed by atoms with Gasteiger partial charge in [0.2, 0.25) is 0 Å². The number of carbonyl (C=O) groups excluding carboxylic acids is 2. The average Bonchev–Trinajstić information content (AvgIpc) is 3.11. The molecule has 2 heterocycles. The van der Waals surface area contributed by atoms with E-state index < -0.39 is 0 Å². The molecule has 116 valence electrons. The van der Waals surface area contributed by atoms with Gasteiger partial charge in [0.25, 0.3) is 11.1 Å². The van der Waals surface area contributed by atoms with Gasteiger partial charge in [-0.2, -0.15) is 0 Å². The number of rotatable bonds is 3. The molecule has 3 rings (SSSR count). The third-order valence-corrected chi connectivity index (χ3v) is 4.84. The van der Waals surface area contributed by atoms with Gasteiger partial charge in [-0.3, -0.25) is 14.5 Å². The van der Waals surface area contributed by atoms with Crippen molar-refractivity contribution in [2.75, 3.05) is 24.5 Å². The minimum Gasteiger partial charge on any atom is -0.371 e. The van der Waals surface area contributed by atoms with Gasteiger partial charge >= 0.3 is 0 Å². The first-order valence-corrected chi connectivity index (χ1v) is 8.21. The number of anilines is 1. The van der Waals surface area contributed by atoms with E-state index in [-0.39, 0.29) is 21.9 Å². The summed E-state index contributed by atoms with van der Waals surface area (Å²) in [6.07, 6.45) is 3.73. The number of imide groups is 1. The summed E-state index contributed by atoms with van der Waals surface area (Å²) in [5, 5.41) is -0.298. The van der Waals surface area contributed by atoms with Crippen molar-refractivity contribution >= 4 is 34.7 Å². The molecule has 0 saturated carbocycles. The summed E-state index contributed by atoms with van der Waals surface area (Å²) < 4.78 is 14.3. The van der Waals surface area contributed by atoms with Crippen LogP contribution in [0.25, 0.3) is 6.08 Å². The van der Waals surface area contributed by atoms with Gasteiger partial charge in [-0.05, 0) is 55.8 Å². The van der Waals surface area contributed by atoms with E-state index in [2.05, 4.69) is 4.90 Å². The van der Waals surface area contributed by atoms with Crippen LogP contribution >= 0.6 is 11.8 Å². The maximum absolute atomic E-state index is 14.3. The minimum atomic E-state index is -0.368. The first kappa shape index (κ1) is 15.1. The molecule has 0 radical (unpaired) electrons. The number of nitrogens with zero attached hydrogens (tertiary/aromatic N) is 2. The summed E-state index contributed by atoms with van der Waals surface area (Å²) in [4.78, 5) is 27.3. The lowest BCUT2D eigenvalue weighted by Crippen LogP contribution is -2.27. The molecule has 0 aliphatic carbocycles. The van der Waals surface area contributed by atoms with Gasteiger partial charge in [0, 0.05) is 30.9 Å². The second kappa shape index (κ2) is 6.12. The normalized spacial score (nSPS) is 20.5. The van der Waals surface area contributed by atoms with E-state index in [0.29, 0.717) is 12.1 Å². The molecule has 0 N–H and O–H groups in total. The highest BCUT2D eigenvalue weighted by Gasteiger charge is 2.33. The molecule has 6 heteroatoms. The van der Waals surface area contributed by atoms with Crippen molar-refractivity contribution in [1.82, 2.24) is 4.90 Å². The third kappa shape index (κ3) is 2.75. The Hall–Kier alpha value is -1.82. The topological polar surface area (TPSA) is 40.6 Å². The maximum Gasteiger partial charge on any atom is 0.293 e. The first-order valence-electron chi connectivity index (χ1n) is 7.40. The Labute approximate surface area is 133 Å². The predicted molar refractivity (Wildman–Crippen MR) is 86.2 cm³/mol. The fourth-order valence-electron chi connectivity index (χ4n) is 2.72. The maximum atomic E-state index is 14.3. The molecule has 22 heavy (non-hydrogen) atoms. The van der Waals surface area contributed by atoms with Crippen molar-refractivity contribution < 1.29 is 14.0 Å². The van der Waals surface area contributed by atoms with Gasteiger partial charge in [0.05, 0.1) is 4.91 Å². The fraction of sp³-hybridized carbons (Fsp3) is 0.375. The van der Waals surface area contributed by atoms with Crippen molar-refractivity contribution in [3.05, 3.63) is 34.5 Å². The van der Waals surface area contributed by atoms with Gasteiger partial charge in [0.1, 0.15) is 5.82 Å². The van der Waals surface area contributed by atoms with Crippen LogP contribution in [-0.2, 0) is 4.79 Å². The lowest BCUT2D eigenvalue weighted by Gasteiger charge is -2.17.